The van der Waals surface area contributed by atoms with E-state index >= 15 is 0 Å². The Labute approximate surface area is 144 Å². The average Bonchev–Trinajstić information content (AvgIpc) is 3.05. The Hall–Kier alpha value is -1.96. The van der Waals surface area contributed by atoms with Crippen LogP contribution >= 0.6 is 11.6 Å². The lowest BCUT2D eigenvalue weighted by molar-refractivity contribution is -0.116. The van der Waals surface area contributed by atoms with E-state index in [-0.39, 0.29) is 11.9 Å². The summed E-state index contributed by atoms with van der Waals surface area (Å²) in [5.74, 6) is 0.213. The molecule has 2 heterocycles. The molecule has 24 heavy (non-hydrogen) atoms. The number of hydrogen-bond acceptors (Lipinski definition) is 6. The second-order valence-corrected chi connectivity index (χ2v) is 5.96. The van der Waals surface area contributed by atoms with Crippen molar-refractivity contribution in [2.75, 3.05) is 38.2 Å². The maximum Gasteiger partial charge on any atom is 0.322 e. The lowest BCUT2D eigenvalue weighted by Gasteiger charge is -2.26. The van der Waals surface area contributed by atoms with Crippen molar-refractivity contribution in [3.63, 3.8) is 0 Å². The zero-order valence-corrected chi connectivity index (χ0v) is 14.0. The van der Waals surface area contributed by atoms with Gasteiger partial charge in [0.25, 0.3) is 0 Å². The fourth-order valence-electron chi connectivity index (χ4n) is 2.45. The van der Waals surface area contributed by atoms with Gasteiger partial charge in [0.05, 0.1) is 13.2 Å². The minimum atomic E-state index is -0.130. The highest BCUT2D eigenvalue weighted by atomic mass is 35.5. The lowest BCUT2D eigenvalue weighted by atomic mass is 10.2. The van der Waals surface area contributed by atoms with Crippen molar-refractivity contribution in [2.45, 2.75) is 12.8 Å². The molecule has 7 nitrogen and oxygen atoms in total. The summed E-state index contributed by atoms with van der Waals surface area (Å²) < 4.78 is 10.7. The van der Waals surface area contributed by atoms with Crippen molar-refractivity contribution >= 4 is 23.5 Å². The van der Waals surface area contributed by atoms with E-state index in [1.54, 1.807) is 24.3 Å². The van der Waals surface area contributed by atoms with Crippen LogP contribution in [0.25, 0.3) is 11.5 Å². The number of aromatic nitrogens is 2. The van der Waals surface area contributed by atoms with Crippen molar-refractivity contribution in [1.82, 2.24) is 15.1 Å². The number of benzene rings is 1. The number of carbonyl (C=O) groups excluding carboxylic acids is 1. The third kappa shape index (κ3) is 4.77. The van der Waals surface area contributed by atoms with E-state index in [1.165, 1.54) is 0 Å². The van der Waals surface area contributed by atoms with Gasteiger partial charge in [-0.1, -0.05) is 16.7 Å². The Bertz CT molecular complexity index is 668. The molecular formula is C16H19ClN4O3. The molecule has 1 aliphatic rings. The first kappa shape index (κ1) is 16.9. The highest BCUT2D eigenvalue weighted by Crippen LogP contribution is 2.21. The summed E-state index contributed by atoms with van der Waals surface area (Å²) in [4.78, 5) is 14.2. The summed E-state index contributed by atoms with van der Waals surface area (Å²) in [5.41, 5.74) is 0.750. The number of ether oxygens (including phenoxy) is 1. The van der Waals surface area contributed by atoms with Crippen LogP contribution in [-0.4, -0.2) is 53.9 Å². The molecule has 8 heteroatoms. The van der Waals surface area contributed by atoms with Crippen LogP contribution in [0.4, 0.5) is 6.01 Å². The van der Waals surface area contributed by atoms with Crippen molar-refractivity contribution in [1.29, 1.82) is 0 Å². The average molecular weight is 351 g/mol. The number of nitrogens with zero attached hydrogens (tertiary/aromatic N) is 3. The molecule has 1 saturated heterocycles. The maximum atomic E-state index is 11.9. The minimum absolute atomic E-state index is 0.108. The number of amides is 1. The number of carbonyl (C=O) groups is 1. The minimum Gasteiger partial charge on any atom is -0.403 e. The SMILES string of the molecule is O=C(CCCN1CCOCC1)Nc1nnc(-c2ccc(Cl)cc2)o1. The van der Waals surface area contributed by atoms with Gasteiger partial charge in [-0.25, -0.2) is 0 Å². The van der Waals surface area contributed by atoms with Crippen molar-refractivity contribution in [3.05, 3.63) is 29.3 Å². The van der Waals surface area contributed by atoms with Gasteiger partial charge in [-0.05, 0) is 37.2 Å². The van der Waals surface area contributed by atoms with Gasteiger partial charge < -0.3 is 9.15 Å². The van der Waals surface area contributed by atoms with Crippen molar-refractivity contribution in [3.8, 4) is 11.5 Å². The highest BCUT2D eigenvalue weighted by Gasteiger charge is 2.13. The summed E-state index contributed by atoms with van der Waals surface area (Å²) in [5, 5.41) is 11.0. The quantitative estimate of drug-likeness (QED) is 0.861. The van der Waals surface area contributed by atoms with Gasteiger partial charge in [0.1, 0.15) is 0 Å². The fraction of sp³-hybridized carbons (Fsp3) is 0.438. The predicted molar refractivity (Wildman–Crippen MR) is 89.9 cm³/mol. The van der Waals surface area contributed by atoms with E-state index in [0.29, 0.717) is 17.3 Å². The van der Waals surface area contributed by atoms with Crippen LogP contribution in [0, 0.1) is 0 Å². The first-order valence-electron chi connectivity index (χ1n) is 7.90. The van der Waals surface area contributed by atoms with Crippen LogP contribution in [0.5, 0.6) is 0 Å². The number of nitrogens with one attached hydrogen (secondary N) is 1. The highest BCUT2D eigenvalue weighted by molar-refractivity contribution is 6.30. The van der Waals surface area contributed by atoms with E-state index < -0.39 is 0 Å². The molecule has 0 spiro atoms. The molecule has 0 radical (unpaired) electrons. The standard InChI is InChI=1S/C16H19ClN4O3/c17-13-5-3-12(4-6-13)15-19-20-16(24-15)18-14(22)2-1-7-21-8-10-23-11-9-21/h3-6H,1-2,7-11H2,(H,18,20,22). The molecule has 1 aromatic heterocycles. The normalized spacial score (nSPS) is 15.4. The molecule has 1 amide bonds. The fourth-order valence-corrected chi connectivity index (χ4v) is 2.58. The van der Waals surface area contributed by atoms with E-state index in [4.69, 9.17) is 20.8 Å². The number of morpholine rings is 1. The first-order valence-corrected chi connectivity index (χ1v) is 8.28. The van der Waals surface area contributed by atoms with Crippen LogP contribution in [-0.2, 0) is 9.53 Å². The Kier molecular flexibility index (Phi) is 5.79. The Balaban J connectivity index is 1.45. The zero-order valence-electron chi connectivity index (χ0n) is 13.2. The molecule has 0 bridgehead atoms. The van der Waals surface area contributed by atoms with E-state index in [0.717, 1.165) is 44.8 Å². The summed E-state index contributed by atoms with van der Waals surface area (Å²) in [6, 6.07) is 7.15. The molecule has 2 aromatic rings. The molecule has 1 aliphatic heterocycles. The number of halogens is 1. The smallest absolute Gasteiger partial charge is 0.322 e. The van der Waals surface area contributed by atoms with E-state index in [1.807, 2.05) is 0 Å². The van der Waals surface area contributed by atoms with Gasteiger partial charge in [0.2, 0.25) is 11.8 Å². The van der Waals surface area contributed by atoms with E-state index in [9.17, 15) is 4.79 Å². The first-order chi connectivity index (χ1) is 11.7. The molecule has 128 valence electrons. The van der Waals surface area contributed by atoms with Crippen LogP contribution in [0.1, 0.15) is 12.8 Å². The van der Waals surface area contributed by atoms with Gasteiger partial charge in [-0.15, -0.1) is 5.10 Å². The van der Waals surface area contributed by atoms with Gasteiger partial charge in [-0.2, -0.15) is 0 Å². The molecule has 0 unspecified atom stereocenters. The monoisotopic (exact) mass is 350 g/mol. The maximum absolute atomic E-state index is 11.9. The van der Waals surface area contributed by atoms with E-state index in [2.05, 4.69) is 20.4 Å². The predicted octanol–water partition coefficient (Wildman–Crippen LogP) is 2.44. The largest absolute Gasteiger partial charge is 0.403 e. The Morgan fingerprint density at radius 3 is 2.71 bits per heavy atom. The van der Waals surface area contributed by atoms with Crippen molar-refractivity contribution < 1.29 is 13.9 Å². The zero-order chi connectivity index (χ0) is 16.8. The van der Waals surface area contributed by atoms with Gasteiger partial charge >= 0.3 is 6.01 Å². The third-order valence-electron chi connectivity index (χ3n) is 3.74. The Morgan fingerprint density at radius 2 is 1.96 bits per heavy atom. The van der Waals surface area contributed by atoms with Crippen LogP contribution < -0.4 is 5.32 Å². The molecule has 3 rings (SSSR count). The van der Waals surface area contributed by atoms with Crippen LogP contribution in [0.2, 0.25) is 5.02 Å². The van der Waals surface area contributed by atoms with Crippen LogP contribution in [0.15, 0.2) is 28.7 Å². The molecule has 1 N–H and O–H groups in total. The molecule has 0 saturated carbocycles. The van der Waals surface area contributed by atoms with Gasteiger partial charge in [-0.3, -0.25) is 15.0 Å². The Morgan fingerprint density at radius 1 is 1.21 bits per heavy atom. The number of anilines is 1. The molecular weight excluding hydrogens is 332 g/mol. The second-order valence-electron chi connectivity index (χ2n) is 5.53. The summed E-state index contributed by atoms with van der Waals surface area (Å²) in [7, 11) is 0. The number of hydrogen-bond donors (Lipinski definition) is 1. The molecule has 0 aliphatic carbocycles. The second kappa shape index (κ2) is 8.23. The van der Waals surface area contributed by atoms with Crippen molar-refractivity contribution in [2.24, 2.45) is 0 Å². The topological polar surface area (TPSA) is 80.5 Å². The lowest BCUT2D eigenvalue weighted by Crippen LogP contribution is -2.37. The van der Waals surface area contributed by atoms with Gasteiger partial charge in [0.15, 0.2) is 0 Å². The summed E-state index contributed by atoms with van der Waals surface area (Å²) >= 11 is 5.84. The van der Waals surface area contributed by atoms with Gasteiger partial charge in [0, 0.05) is 30.1 Å². The summed E-state index contributed by atoms with van der Waals surface area (Å²) in [6.45, 7) is 4.27. The molecule has 0 atom stereocenters. The molecule has 1 aromatic carbocycles. The molecule has 1 fully saturated rings. The number of rotatable bonds is 6. The van der Waals surface area contributed by atoms with Crippen LogP contribution in [0.3, 0.4) is 0 Å². The third-order valence-corrected chi connectivity index (χ3v) is 4.00. The summed E-state index contributed by atoms with van der Waals surface area (Å²) in [6.07, 6.45) is 1.19.